The molecule has 0 fully saturated rings. The van der Waals surface area contributed by atoms with Gasteiger partial charge in [-0.1, -0.05) is 0 Å². The molecule has 12 nitrogen and oxygen atoms in total. The van der Waals surface area contributed by atoms with Gasteiger partial charge in [0.15, 0.2) is 0 Å². The second-order valence-corrected chi connectivity index (χ2v) is 11.5. The Bertz CT molecular complexity index is 200. The zero-order chi connectivity index (χ0) is 16.5. The summed E-state index contributed by atoms with van der Waals surface area (Å²) in [6.45, 7) is 0. The second-order valence-electron chi connectivity index (χ2n) is 0.905. The molecule has 0 aromatic carbocycles. The zero-order valence-corrected chi connectivity index (χ0v) is 22.4. The molecule has 0 aromatic heterocycles. The first-order valence-electron chi connectivity index (χ1n) is 2.86. The van der Waals surface area contributed by atoms with Crippen molar-refractivity contribution in [2.24, 2.45) is 0 Å². The third-order valence-corrected chi connectivity index (χ3v) is 6.97. The fourth-order valence-corrected chi connectivity index (χ4v) is 1.42. The van der Waals surface area contributed by atoms with Crippen molar-refractivity contribution in [3.05, 3.63) is 0 Å². The van der Waals surface area contributed by atoms with Crippen LogP contribution in [0.3, 0.4) is 0 Å². The third kappa shape index (κ3) is 67.1. The minimum atomic E-state index is -1.99. The Morgan fingerprint density at radius 2 is 0.900 bits per heavy atom. The van der Waals surface area contributed by atoms with Gasteiger partial charge < -0.3 is 0 Å². The van der Waals surface area contributed by atoms with Gasteiger partial charge in [-0.25, -0.2) is 0 Å². The van der Waals surface area contributed by atoms with E-state index in [1.54, 1.807) is 0 Å². The molecule has 20 heteroatoms. The van der Waals surface area contributed by atoms with Crippen LogP contribution in [0.2, 0.25) is 0 Å². The van der Waals surface area contributed by atoms with Gasteiger partial charge in [-0.3, -0.25) is 0 Å². The number of hydrogen-bond acceptors (Lipinski definition) is 12. The zero-order valence-electron chi connectivity index (χ0n) is 8.40. The summed E-state index contributed by atoms with van der Waals surface area (Å²) >= 11 is -9.31. The summed E-state index contributed by atoms with van der Waals surface area (Å²) in [5.74, 6) is 0. The molecule has 121 valence electrons. The van der Waals surface area contributed by atoms with Crippen LogP contribution in [0, 0.1) is 0 Å². The first-order valence-corrected chi connectivity index (χ1v) is 14.3. The monoisotopic (exact) mass is 738 g/mol. The van der Waals surface area contributed by atoms with Crippen LogP contribution >= 0.6 is 0 Å². The molecule has 0 saturated heterocycles. The maximum absolute atomic E-state index is 9.35. The first-order chi connectivity index (χ1) is 9.66. The molecule has 0 rings (SSSR count). The molecule has 0 heterocycles. The van der Waals surface area contributed by atoms with Crippen molar-refractivity contribution in [2.75, 3.05) is 0 Å². The van der Waals surface area contributed by atoms with E-state index in [2.05, 4.69) is 6.30 Å². The topological polar surface area (TPSA) is 173 Å². The van der Waals surface area contributed by atoms with E-state index in [4.69, 9.17) is 19.2 Å². The Labute approximate surface area is 192 Å². The molecule has 0 N–H and O–H groups in total. The molecule has 0 bridgehead atoms. The molecule has 0 aliphatic heterocycles. The number of rotatable bonds is 8. The molecule has 20 heavy (non-hydrogen) atoms. The molecule has 0 aliphatic carbocycles. The Hall–Kier alpha value is 4.15. The van der Waals surface area contributed by atoms with Gasteiger partial charge in [0.1, 0.15) is 0 Å². The van der Waals surface area contributed by atoms with Crippen LogP contribution in [0.4, 0.5) is 0 Å². The van der Waals surface area contributed by atoms with Gasteiger partial charge in [-0.2, -0.15) is 0 Å². The summed E-state index contributed by atoms with van der Waals surface area (Å²) in [4.78, 5) is 0. The van der Waals surface area contributed by atoms with E-state index in [0.717, 1.165) is 0 Å². The normalized spacial score (nSPS) is 6.80. The predicted octanol–water partition coefficient (Wildman–Crippen LogP) is -1.24. The fraction of sp³-hybridized carbons (Fsp3) is 0. The van der Waals surface area contributed by atoms with E-state index < -0.39 is 165 Å². The van der Waals surface area contributed by atoms with E-state index in [9.17, 15) is 6.13 Å². The van der Waals surface area contributed by atoms with Gasteiger partial charge in [-0.15, -0.1) is 0 Å². The molecule has 0 atom stereocenters. The van der Waals surface area contributed by atoms with Crippen LogP contribution in [0.15, 0.2) is 0 Å². The molecule has 0 radical (unpaired) electrons. The number of hydrogen-bond donors (Lipinski definition) is 0. The molecular weight excluding hydrogens is 738 g/mol. The summed E-state index contributed by atoms with van der Waals surface area (Å²) in [6, 6.07) is 0. The van der Waals surface area contributed by atoms with Crippen LogP contribution in [0.25, 0.3) is 0 Å². The van der Waals surface area contributed by atoms with E-state index in [0.29, 0.717) is 0 Å². The average molecular weight is 738 g/mol. The standard InChI is InChI=1S/5Fe.12O.3Y. The van der Waals surface area contributed by atoms with Crippen LogP contribution in [0.5, 0.6) is 0 Å². The van der Waals surface area contributed by atoms with Gasteiger partial charge in [0.25, 0.3) is 0 Å². The second kappa shape index (κ2) is 43.5. The van der Waals surface area contributed by atoms with Crippen LogP contribution < -0.4 is 0 Å². The summed E-state index contributed by atoms with van der Waals surface area (Å²) in [7, 11) is 0. The van der Waals surface area contributed by atoms with Crippen LogP contribution in [0.1, 0.15) is 0 Å². The summed E-state index contributed by atoms with van der Waals surface area (Å²) in [5, 5.41) is 0. The van der Waals surface area contributed by atoms with Gasteiger partial charge in [-0.05, 0) is 0 Å². The van der Waals surface area contributed by atoms with Crippen LogP contribution in [-0.4, -0.2) is 0 Å². The van der Waals surface area contributed by atoms with Gasteiger partial charge >= 0.3 is 197 Å². The molecule has 0 spiro atoms. The maximum atomic E-state index is 9.35. The first kappa shape index (κ1) is 31.9. The molecule has 0 amide bonds. The average Bonchev–Trinajstić information content (AvgIpc) is 2.44. The fourth-order valence-electron chi connectivity index (χ4n) is 0.0536. The van der Waals surface area contributed by atoms with Gasteiger partial charge in [0.2, 0.25) is 0 Å². The Morgan fingerprint density at radius 1 is 0.550 bits per heavy atom. The van der Waals surface area contributed by atoms with Crippen LogP contribution in [-0.2, 0) is 197 Å². The predicted molar refractivity (Wildman–Crippen MR) is 9.83 cm³/mol. The van der Waals surface area contributed by atoms with Crippen molar-refractivity contribution < 1.29 is 197 Å². The Kier molecular flexibility index (Phi) is 69.4. The molecule has 0 aliphatic rings. The van der Waals surface area contributed by atoms with Crippen molar-refractivity contribution in [1.29, 1.82) is 0 Å². The Balaban J connectivity index is -0.0000000853. The van der Waals surface area contributed by atoms with E-state index in [1.807, 2.05) is 0 Å². The summed E-state index contributed by atoms with van der Waals surface area (Å²) < 4.78 is 89.0. The van der Waals surface area contributed by atoms with Crippen molar-refractivity contribution in [2.45, 2.75) is 0 Å². The molecule has 0 aromatic rings. The summed E-state index contributed by atoms with van der Waals surface area (Å²) in [6.07, 6.45) is 0. The van der Waals surface area contributed by atoms with Gasteiger partial charge in [0.05, 0.1) is 0 Å². The SMILES string of the molecule is [O]=[Fe][O][Fe]=[O].[O]=[Fe][O][Fe]=[O].[O]=[Fe][O][Y]=[O].[O]=[Y][O][Y]=[O]. The van der Waals surface area contributed by atoms with Crippen molar-refractivity contribution in [3.8, 4) is 0 Å². The minimum absolute atomic E-state index is 0.634. The quantitative estimate of drug-likeness (QED) is 0.272. The van der Waals surface area contributed by atoms with E-state index in [1.165, 1.54) is 0 Å². The van der Waals surface area contributed by atoms with Crippen molar-refractivity contribution in [3.63, 3.8) is 0 Å². The van der Waals surface area contributed by atoms with Gasteiger partial charge in [0, 0.05) is 0 Å². The molecular formula is Fe5O12Y3. The molecule has 0 unspecified atom stereocenters. The van der Waals surface area contributed by atoms with E-state index >= 15 is 0 Å². The third-order valence-electron chi connectivity index (χ3n) is 0.262. The van der Waals surface area contributed by atoms with Crippen molar-refractivity contribution in [1.82, 2.24) is 0 Å². The summed E-state index contributed by atoms with van der Waals surface area (Å²) in [5.41, 5.74) is 0. The van der Waals surface area contributed by atoms with E-state index in [-0.39, 0.29) is 0 Å². The Morgan fingerprint density at radius 3 is 0.900 bits per heavy atom. The molecule has 0 saturated carbocycles. The van der Waals surface area contributed by atoms with Crippen molar-refractivity contribution >= 4 is 0 Å².